The molecule has 0 aliphatic heterocycles. The van der Waals surface area contributed by atoms with Gasteiger partial charge in [0.2, 0.25) is 0 Å². The van der Waals surface area contributed by atoms with Gasteiger partial charge in [0, 0.05) is 27.4 Å². The number of carbonyl (C=O) groups excluding carboxylic acids is 1. The van der Waals surface area contributed by atoms with Crippen molar-refractivity contribution in [2.75, 3.05) is 0 Å². The maximum atomic E-state index is 12.0. The van der Waals surface area contributed by atoms with E-state index in [1.807, 2.05) is 12.3 Å². The number of rotatable bonds is 2. The highest BCUT2D eigenvalue weighted by Crippen LogP contribution is 2.12. The van der Waals surface area contributed by atoms with E-state index in [2.05, 4.69) is 22.6 Å². The molecule has 0 fully saturated rings. The van der Waals surface area contributed by atoms with Crippen LogP contribution in [0.5, 0.6) is 0 Å². The second-order valence-electron chi connectivity index (χ2n) is 3.37. The van der Waals surface area contributed by atoms with Crippen LogP contribution < -0.4 is 0 Å². The summed E-state index contributed by atoms with van der Waals surface area (Å²) < 4.78 is 2.50. The van der Waals surface area contributed by atoms with Crippen molar-refractivity contribution in [2.45, 2.75) is 4.43 Å². The average Bonchev–Trinajstić information content (AvgIpc) is 2.77. The number of nitrogens with zero attached hydrogens (tertiary/aromatic N) is 1. The van der Waals surface area contributed by atoms with Gasteiger partial charge in [0.15, 0.2) is 0 Å². The van der Waals surface area contributed by atoms with Gasteiger partial charge in [0.25, 0.3) is 5.91 Å². The minimum absolute atomic E-state index is 0.0345. The molecule has 0 atom stereocenters. The van der Waals surface area contributed by atoms with Gasteiger partial charge in [-0.05, 0) is 35.9 Å². The summed E-state index contributed by atoms with van der Waals surface area (Å²) in [6.07, 6.45) is 3.63. The summed E-state index contributed by atoms with van der Waals surface area (Å²) in [6.45, 7) is 0. The summed E-state index contributed by atoms with van der Waals surface area (Å²) in [4.78, 5) is 12.0. The fourth-order valence-electron chi connectivity index (χ4n) is 1.39. The van der Waals surface area contributed by atoms with Crippen LogP contribution in [0.25, 0.3) is 0 Å². The van der Waals surface area contributed by atoms with Crippen LogP contribution in [-0.4, -0.2) is 10.5 Å². The number of carbonyl (C=O) groups is 1. The van der Waals surface area contributed by atoms with Gasteiger partial charge in [0.1, 0.15) is 0 Å². The molecule has 2 rings (SSSR count). The van der Waals surface area contributed by atoms with Crippen LogP contribution in [0.4, 0.5) is 0 Å². The third-order valence-corrected chi connectivity index (χ3v) is 3.37. The zero-order chi connectivity index (χ0) is 11.5. The van der Waals surface area contributed by atoms with E-state index in [0.29, 0.717) is 10.6 Å². The van der Waals surface area contributed by atoms with E-state index in [9.17, 15) is 4.79 Å². The van der Waals surface area contributed by atoms with Gasteiger partial charge in [-0.15, -0.1) is 0 Å². The molecular weight excluding hydrogens is 336 g/mol. The summed E-state index contributed by atoms with van der Waals surface area (Å²) in [5.74, 6) is -0.0345. The van der Waals surface area contributed by atoms with Gasteiger partial charge in [-0.3, -0.25) is 9.36 Å². The van der Waals surface area contributed by atoms with Crippen LogP contribution in [0.1, 0.15) is 15.9 Å². The lowest BCUT2D eigenvalue weighted by atomic mass is 10.2. The van der Waals surface area contributed by atoms with E-state index in [1.165, 1.54) is 0 Å². The Bertz CT molecular complexity index is 504. The lowest BCUT2D eigenvalue weighted by molar-refractivity contribution is 0.0960. The highest BCUT2D eigenvalue weighted by atomic mass is 127. The fraction of sp³-hybridized carbons (Fsp3) is 0.0833. The lowest BCUT2D eigenvalue weighted by Gasteiger charge is -2.01. The monoisotopic (exact) mass is 345 g/mol. The number of alkyl halides is 1. The van der Waals surface area contributed by atoms with Crippen molar-refractivity contribution in [2.24, 2.45) is 0 Å². The quantitative estimate of drug-likeness (QED) is 0.600. The van der Waals surface area contributed by atoms with Crippen LogP contribution >= 0.6 is 34.2 Å². The minimum atomic E-state index is -0.0345. The molecule has 0 aliphatic rings. The van der Waals surface area contributed by atoms with Crippen molar-refractivity contribution in [3.8, 4) is 0 Å². The van der Waals surface area contributed by atoms with Gasteiger partial charge in [-0.2, -0.15) is 0 Å². The Morgan fingerprint density at radius 3 is 2.50 bits per heavy atom. The summed E-state index contributed by atoms with van der Waals surface area (Å²) in [5, 5.41) is 0.636. The van der Waals surface area contributed by atoms with E-state index in [4.69, 9.17) is 11.6 Å². The molecule has 0 radical (unpaired) electrons. The molecule has 2 aromatic rings. The lowest BCUT2D eigenvalue weighted by Crippen LogP contribution is -2.09. The highest BCUT2D eigenvalue weighted by Gasteiger charge is 2.07. The largest absolute Gasteiger partial charge is 0.290 e. The molecule has 0 N–H and O–H groups in total. The van der Waals surface area contributed by atoms with Crippen LogP contribution in [0.3, 0.4) is 0 Å². The summed E-state index contributed by atoms with van der Waals surface area (Å²) in [6, 6.07) is 8.85. The first-order chi connectivity index (χ1) is 7.70. The topological polar surface area (TPSA) is 22.0 Å². The van der Waals surface area contributed by atoms with Gasteiger partial charge in [0.05, 0.1) is 0 Å². The van der Waals surface area contributed by atoms with Crippen LogP contribution in [0, 0.1) is 0 Å². The number of halogens is 2. The van der Waals surface area contributed by atoms with Gasteiger partial charge in [-0.1, -0.05) is 34.2 Å². The van der Waals surface area contributed by atoms with Crippen molar-refractivity contribution in [3.63, 3.8) is 0 Å². The molecule has 0 bridgehead atoms. The Hall–Kier alpha value is -0.810. The molecule has 0 unspecified atom stereocenters. The predicted octanol–water partition coefficient (Wildman–Crippen LogP) is 3.77. The first-order valence-corrected chi connectivity index (χ1v) is 6.64. The van der Waals surface area contributed by atoms with Crippen LogP contribution in [0.2, 0.25) is 5.02 Å². The van der Waals surface area contributed by atoms with Crippen LogP contribution in [0.15, 0.2) is 42.7 Å². The van der Waals surface area contributed by atoms with Crippen molar-refractivity contribution >= 4 is 40.1 Å². The molecule has 0 amide bonds. The normalized spacial score (nSPS) is 10.4. The van der Waals surface area contributed by atoms with E-state index >= 15 is 0 Å². The SMILES string of the molecule is O=C(c1ccc(Cl)cc1)n1ccc(CI)c1. The molecule has 0 spiro atoms. The third kappa shape index (κ3) is 2.47. The maximum absolute atomic E-state index is 12.0. The van der Waals surface area contributed by atoms with Crippen molar-refractivity contribution in [3.05, 3.63) is 58.9 Å². The second-order valence-corrected chi connectivity index (χ2v) is 4.57. The fourth-order valence-corrected chi connectivity index (χ4v) is 1.96. The Balaban J connectivity index is 2.28. The molecule has 0 aliphatic carbocycles. The molecule has 0 saturated heterocycles. The molecule has 1 aromatic carbocycles. The molecule has 16 heavy (non-hydrogen) atoms. The smallest absolute Gasteiger partial charge is 0.261 e. The average molecular weight is 346 g/mol. The first-order valence-electron chi connectivity index (χ1n) is 4.74. The molecule has 4 heteroatoms. The Kier molecular flexibility index (Phi) is 3.66. The zero-order valence-corrected chi connectivity index (χ0v) is 11.3. The molecule has 2 nitrogen and oxygen atoms in total. The summed E-state index contributed by atoms with van der Waals surface area (Å²) in [7, 11) is 0. The Morgan fingerprint density at radius 2 is 1.94 bits per heavy atom. The zero-order valence-electron chi connectivity index (χ0n) is 8.36. The van der Waals surface area contributed by atoms with Crippen molar-refractivity contribution in [1.82, 2.24) is 4.57 Å². The first kappa shape index (κ1) is 11.7. The minimum Gasteiger partial charge on any atom is -0.290 e. The van der Waals surface area contributed by atoms with Gasteiger partial charge < -0.3 is 0 Å². The molecular formula is C12H9ClINO. The number of hydrogen-bond donors (Lipinski definition) is 0. The molecule has 1 heterocycles. The Labute approximate surface area is 112 Å². The standard InChI is InChI=1S/C12H9ClINO/c13-11-3-1-10(2-4-11)12(16)15-6-5-9(7-14)8-15/h1-6,8H,7H2. The van der Waals surface area contributed by atoms with E-state index < -0.39 is 0 Å². The van der Waals surface area contributed by atoms with E-state index in [1.54, 1.807) is 35.0 Å². The predicted molar refractivity (Wildman–Crippen MR) is 73.3 cm³/mol. The Morgan fingerprint density at radius 1 is 1.25 bits per heavy atom. The molecule has 0 saturated carbocycles. The summed E-state index contributed by atoms with van der Waals surface area (Å²) >= 11 is 8.04. The van der Waals surface area contributed by atoms with Crippen molar-refractivity contribution in [1.29, 1.82) is 0 Å². The highest BCUT2D eigenvalue weighted by molar-refractivity contribution is 14.1. The van der Waals surface area contributed by atoms with Crippen molar-refractivity contribution < 1.29 is 4.79 Å². The third-order valence-electron chi connectivity index (χ3n) is 2.23. The number of hydrogen-bond acceptors (Lipinski definition) is 1. The molecule has 82 valence electrons. The van der Waals surface area contributed by atoms with Gasteiger partial charge in [-0.25, -0.2) is 0 Å². The van der Waals surface area contributed by atoms with E-state index in [0.717, 1.165) is 9.99 Å². The summed E-state index contributed by atoms with van der Waals surface area (Å²) in [5.41, 5.74) is 1.78. The second kappa shape index (κ2) is 5.01. The molecule has 1 aromatic heterocycles. The van der Waals surface area contributed by atoms with E-state index in [-0.39, 0.29) is 5.91 Å². The maximum Gasteiger partial charge on any atom is 0.261 e. The van der Waals surface area contributed by atoms with Crippen LogP contribution in [-0.2, 0) is 4.43 Å². The number of benzene rings is 1. The van der Waals surface area contributed by atoms with Gasteiger partial charge >= 0.3 is 0 Å². The number of aromatic nitrogens is 1.